The Kier molecular flexibility index (Phi) is 4.64. The molecule has 3 heterocycles. The van der Waals surface area contributed by atoms with Crippen LogP contribution in [0.1, 0.15) is 35.4 Å². The van der Waals surface area contributed by atoms with Crippen molar-refractivity contribution in [1.29, 1.82) is 0 Å². The number of hydrogen-bond acceptors (Lipinski definition) is 4. The first-order valence-corrected chi connectivity index (χ1v) is 8.16. The highest BCUT2D eigenvalue weighted by molar-refractivity contribution is 6.02. The first kappa shape index (κ1) is 16.2. The maximum Gasteiger partial charge on any atom is 0.274 e. The summed E-state index contributed by atoms with van der Waals surface area (Å²) in [4.78, 5) is 26.8. The number of likely N-dealkylation sites (tertiary alicyclic amines) is 1. The molecule has 24 heavy (non-hydrogen) atoms. The van der Waals surface area contributed by atoms with Gasteiger partial charge in [-0.1, -0.05) is 0 Å². The van der Waals surface area contributed by atoms with Crippen LogP contribution in [0.4, 0.5) is 5.69 Å². The lowest BCUT2D eigenvalue weighted by Crippen LogP contribution is -2.37. The molecule has 8 heteroatoms. The van der Waals surface area contributed by atoms with E-state index < -0.39 is 0 Å². The van der Waals surface area contributed by atoms with E-state index in [0.29, 0.717) is 11.4 Å². The Morgan fingerprint density at radius 2 is 2.00 bits per heavy atom. The van der Waals surface area contributed by atoms with E-state index in [2.05, 4.69) is 15.5 Å². The summed E-state index contributed by atoms with van der Waals surface area (Å²) in [6, 6.07) is 1.84. The number of nitrogens with zero attached hydrogens (tertiary/aromatic N) is 5. The van der Waals surface area contributed by atoms with E-state index in [-0.39, 0.29) is 18.4 Å². The molecule has 2 aromatic heterocycles. The molecule has 3 rings (SSSR count). The van der Waals surface area contributed by atoms with Gasteiger partial charge in [0.25, 0.3) is 5.91 Å². The number of rotatable bonds is 4. The molecule has 1 saturated heterocycles. The van der Waals surface area contributed by atoms with Gasteiger partial charge in [-0.05, 0) is 32.3 Å². The van der Waals surface area contributed by atoms with Crippen molar-refractivity contribution in [2.45, 2.75) is 32.7 Å². The second kappa shape index (κ2) is 6.86. The van der Waals surface area contributed by atoms with Crippen LogP contribution in [0.2, 0.25) is 0 Å². The van der Waals surface area contributed by atoms with Gasteiger partial charge >= 0.3 is 0 Å². The topological polar surface area (TPSA) is 85.0 Å². The highest BCUT2D eigenvalue weighted by Crippen LogP contribution is 2.19. The van der Waals surface area contributed by atoms with Gasteiger partial charge in [-0.3, -0.25) is 19.0 Å². The number of aryl methyl sites for hydroxylation is 2. The average Bonchev–Trinajstić information content (AvgIpc) is 3.13. The minimum atomic E-state index is -0.237. The monoisotopic (exact) mass is 330 g/mol. The van der Waals surface area contributed by atoms with Crippen molar-refractivity contribution in [1.82, 2.24) is 24.5 Å². The van der Waals surface area contributed by atoms with Gasteiger partial charge < -0.3 is 10.2 Å². The van der Waals surface area contributed by atoms with Crippen LogP contribution in [0.3, 0.4) is 0 Å². The van der Waals surface area contributed by atoms with Crippen LogP contribution in [0.15, 0.2) is 18.5 Å². The molecular formula is C16H22N6O2. The minimum Gasteiger partial charge on any atom is -0.337 e. The number of piperidine rings is 1. The largest absolute Gasteiger partial charge is 0.337 e. The molecule has 0 aromatic carbocycles. The number of anilines is 1. The molecule has 8 nitrogen and oxygen atoms in total. The smallest absolute Gasteiger partial charge is 0.274 e. The number of carbonyl (C=O) groups is 2. The van der Waals surface area contributed by atoms with Crippen molar-refractivity contribution < 1.29 is 9.59 Å². The molecule has 0 saturated carbocycles. The number of nitrogens with one attached hydrogen (secondary N) is 1. The van der Waals surface area contributed by atoms with E-state index in [9.17, 15) is 9.59 Å². The summed E-state index contributed by atoms with van der Waals surface area (Å²) in [6.45, 7) is 3.47. The number of aromatic nitrogens is 4. The van der Waals surface area contributed by atoms with Crippen molar-refractivity contribution >= 4 is 17.5 Å². The van der Waals surface area contributed by atoms with E-state index in [1.165, 1.54) is 10.9 Å². The van der Waals surface area contributed by atoms with Crippen molar-refractivity contribution in [3.8, 4) is 0 Å². The van der Waals surface area contributed by atoms with Gasteiger partial charge in [-0.15, -0.1) is 0 Å². The van der Waals surface area contributed by atoms with E-state index in [4.69, 9.17) is 0 Å². The normalized spacial score (nSPS) is 14.7. The second-order valence-electron chi connectivity index (χ2n) is 6.09. The van der Waals surface area contributed by atoms with Crippen molar-refractivity contribution in [2.24, 2.45) is 7.05 Å². The predicted molar refractivity (Wildman–Crippen MR) is 88.6 cm³/mol. The van der Waals surface area contributed by atoms with Gasteiger partial charge in [0.15, 0.2) is 0 Å². The van der Waals surface area contributed by atoms with Crippen LogP contribution in [0.5, 0.6) is 0 Å². The van der Waals surface area contributed by atoms with Crippen LogP contribution < -0.4 is 5.32 Å². The molecule has 1 aliphatic rings. The third kappa shape index (κ3) is 3.47. The molecule has 0 spiro atoms. The number of amides is 2. The van der Waals surface area contributed by atoms with Crippen LogP contribution in [0, 0.1) is 6.92 Å². The van der Waals surface area contributed by atoms with Gasteiger partial charge in [0.1, 0.15) is 12.2 Å². The molecule has 0 unspecified atom stereocenters. The van der Waals surface area contributed by atoms with Gasteiger partial charge in [0, 0.05) is 26.3 Å². The molecule has 0 bridgehead atoms. The van der Waals surface area contributed by atoms with E-state index in [0.717, 1.165) is 38.0 Å². The molecule has 0 atom stereocenters. The van der Waals surface area contributed by atoms with Gasteiger partial charge in [-0.25, -0.2) is 0 Å². The molecule has 128 valence electrons. The highest BCUT2D eigenvalue weighted by atomic mass is 16.2. The zero-order valence-corrected chi connectivity index (χ0v) is 14.0. The fourth-order valence-electron chi connectivity index (χ4n) is 2.92. The Balaban J connectivity index is 1.72. The summed E-state index contributed by atoms with van der Waals surface area (Å²) < 4.78 is 3.08. The quantitative estimate of drug-likeness (QED) is 0.912. The maximum absolute atomic E-state index is 12.7. The van der Waals surface area contributed by atoms with Crippen molar-refractivity contribution in [3.63, 3.8) is 0 Å². The van der Waals surface area contributed by atoms with Gasteiger partial charge in [0.2, 0.25) is 5.91 Å². The Labute approximate surface area is 140 Å². The third-order valence-electron chi connectivity index (χ3n) is 4.14. The van der Waals surface area contributed by atoms with Gasteiger partial charge in [0.05, 0.1) is 17.6 Å². The number of hydrogen-bond donors (Lipinski definition) is 1. The molecule has 1 N–H and O–H groups in total. The molecular weight excluding hydrogens is 308 g/mol. The number of carbonyl (C=O) groups excluding carboxylic acids is 2. The van der Waals surface area contributed by atoms with Crippen LogP contribution in [-0.2, 0) is 18.4 Å². The molecule has 1 fully saturated rings. The molecule has 0 aliphatic carbocycles. The molecule has 1 aliphatic heterocycles. The summed E-state index contributed by atoms with van der Waals surface area (Å²) in [7, 11) is 1.71. The van der Waals surface area contributed by atoms with Crippen molar-refractivity contribution in [2.75, 3.05) is 18.4 Å². The summed E-state index contributed by atoms with van der Waals surface area (Å²) in [6.07, 6.45) is 6.46. The lowest BCUT2D eigenvalue weighted by atomic mass is 10.1. The zero-order valence-electron chi connectivity index (χ0n) is 14.0. The van der Waals surface area contributed by atoms with Crippen molar-refractivity contribution in [3.05, 3.63) is 29.8 Å². The first-order chi connectivity index (χ1) is 11.5. The fraction of sp³-hybridized carbons (Fsp3) is 0.500. The standard InChI is InChI=1S/C16H22N6O2/c1-12-6-9-22(19-12)11-14(23)18-13-10-17-20(2)15(13)16(24)21-7-4-3-5-8-21/h6,9-10H,3-5,7-8,11H2,1-2H3,(H,18,23). The van der Waals surface area contributed by atoms with Gasteiger partial charge in [-0.2, -0.15) is 10.2 Å². The Hall–Kier alpha value is -2.64. The lowest BCUT2D eigenvalue weighted by Gasteiger charge is -2.27. The van der Waals surface area contributed by atoms with Crippen LogP contribution in [0.25, 0.3) is 0 Å². The minimum absolute atomic E-state index is 0.0834. The average molecular weight is 330 g/mol. The third-order valence-corrected chi connectivity index (χ3v) is 4.14. The predicted octanol–water partition coefficient (Wildman–Crippen LogP) is 1.19. The summed E-state index contributed by atoms with van der Waals surface area (Å²) in [5, 5.41) is 11.1. The van der Waals surface area contributed by atoms with E-state index in [1.54, 1.807) is 17.9 Å². The zero-order chi connectivity index (χ0) is 17.1. The Morgan fingerprint density at radius 3 is 2.67 bits per heavy atom. The van der Waals surface area contributed by atoms with E-state index >= 15 is 0 Å². The summed E-state index contributed by atoms with van der Waals surface area (Å²) in [5.41, 5.74) is 1.72. The second-order valence-corrected chi connectivity index (χ2v) is 6.09. The van der Waals surface area contributed by atoms with E-state index in [1.807, 2.05) is 17.9 Å². The SMILES string of the molecule is Cc1ccn(CC(=O)Nc2cnn(C)c2C(=O)N2CCCCC2)n1. The van der Waals surface area contributed by atoms with Crippen LogP contribution in [-0.4, -0.2) is 49.4 Å². The fourth-order valence-corrected chi connectivity index (χ4v) is 2.92. The Bertz CT molecular complexity index is 742. The lowest BCUT2D eigenvalue weighted by molar-refractivity contribution is -0.116. The first-order valence-electron chi connectivity index (χ1n) is 8.16. The molecule has 2 amide bonds. The maximum atomic E-state index is 12.7. The highest BCUT2D eigenvalue weighted by Gasteiger charge is 2.25. The molecule has 2 aromatic rings. The Morgan fingerprint density at radius 1 is 1.25 bits per heavy atom. The van der Waals surface area contributed by atoms with Crippen LogP contribution >= 0.6 is 0 Å². The molecule has 0 radical (unpaired) electrons. The summed E-state index contributed by atoms with van der Waals surface area (Å²) in [5.74, 6) is -0.321. The summed E-state index contributed by atoms with van der Waals surface area (Å²) >= 11 is 0.